The summed E-state index contributed by atoms with van der Waals surface area (Å²) in [7, 11) is -5.00. The predicted octanol–water partition coefficient (Wildman–Crippen LogP) is 1.32. The van der Waals surface area contributed by atoms with E-state index in [4.69, 9.17) is 0 Å². The molecule has 0 aromatic carbocycles. The molecule has 0 bridgehead atoms. The largest absolute Gasteiger partial charge is 0.426 e. The first-order valence-corrected chi connectivity index (χ1v) is 4.99. The van der Waals surface area contributed by atoms with Gasteiger partial charge in [-0.15, -0.1) is 0 Å². The van der Waals surface area contributed by atoms with Gasteiger partial charge in [-0.2, -0.15) is 13.2 Å². The van der Waals surface area contributed by atoms with Crippen LogP contribution in [-0.2, 0) is 9.84 Å². The van der Waals surface area contributed by atoms with E-state index < -0.39 is 39.1 Å². The van der Waals surface area contributed by atoms with E-state index in [0.29, 0.717) is 0 Å². The van der Waals surface area contributed by atoms with Gasteiger partial charge >= 0.3 is 6.18 Å². The molecule has 1 fully saturated rings. The van der Waals surface area contributed by atoms with E-state index in [1.54, 1.807) is 0 Å². The molecule has 0 amide bonds. The molecule has 1 aliphatic heterocycles. The molecule has 3 unspecified atom stereocenters. The molecule has 3 atom stereocenters. The zero-order chi connectivity index (χ0) is 11.4. The highest BCUT2D eigenvalue weighted by atomic mass is 32.2. The fourth-order valence-corrected chi connectivity index (χ4v) is 2.73. The summed E-state index contributed by atoms with van der Waals surface area (Å²) in [6, 6.07) is 0. The topological polar surface area (TPSA) is 34.1 Å². The molecule has 9 heteroatoms. The van der Waals surface area contributed by atoms with E-state index in [2.05, 4.69) is 0 Å². The molecule has 0 aliphatic carbocycles. The summed E-state index contributed by atoms with van der Waals surface area (Å²) in [6.45, 7) is 0. The lowest BCUT2D eigenvalue weighted by molar-refractivity contribution is -0.240. The first-order valence-electron chi connectivity index (χ1n) is 3.28. The van der Waals surface area contributed by atoms with Crippen molar-refractivity contribution in [1.82, 2.24) is 0 Å². The van der Waals surface area contributed by atoms with Crippen LogP contribution in [0.4, 0.5) is 26.3 Å². The van der Waals surface area contributed by atoms with Gasteiger partial charge in [-0.25, -0.2) is 21.6 Å². The Bertz CT molecular complexity index is 335. The number of alkyl halides is 6. The van der Waals surface area contributed by atoms with E-state index in [1.165, 1.54) is 0 Å². The Balaban J connectivity index is 3.20. The summed E-state index contributed by atoms with van der Waals surface area (Å²) in [5, 5.41) is 0. The highest BCUT2D eigenvalue weighted by molar-refractivity contribution is 7.92. The number of sulfone groups is 1. The zero-order valence-corrected chi connectivity index (χ0v) is 7.17. The lowest BCUT2D eigenvalue weighted by Gasteiger charge is -2.23. The number of hydrogen-bond acceptors (Lipinski definition) is 2. The standard InChI is InChI=1S/C5H4F6O2S/c6-2-3(7)14(12,13)1-4(2,8)5(9,10)11/h2-3H,1H2. The van der Waals surface area contributed by atoms with Gasteiger partial charge in [-0.1, -0.05) is 0 Å². The van der Waals surface area contributed by atoms with Gasteiger partial charge in [0.15, 0.2) is 16.0 Å². The maximum absolute atomic E-state index is 12.8. The number of rotatable bonds is 0. The first-order chi connectivity index (χ1) is 6.02. The Morgan fingerprint density at radius 3 is 1.79 bits per heavy atom. The van der Waals surface area contributed by atoms with Crippen LogP contribution in [-0.4, -0.2) is 37.7 Å². The van der Waals surface area contributed by atoms with Crippen LogP contribution in [0.5, 0.6) is 0 Å². The first kappa shape index (κ1) is 11.6. The Kier molecular flexibility index (Phi) is 2.29. The molecule has 0 saturated carbocycles. The summed E-state index contributed by atoms with van der Waals surface area (Å²) in [4.78, 5) is 0. The van der Waals surface area contributed by atoms with Crippen molar-refractivity contribution < 1.29 is 34.8 Å². The number of halogens is 6. The summed E-state index contributed by atoms with van der Waals surface area (Å²) >= 11 is 0. The molecule has 0 aromatic heterocycles. The Morgan fingerprint density at radius 1 is 1.21 bits per heavy atom. The average molecular weight is 242 g/mol. The molecule has 14 heavy (non-hydrogen) atoms. The summed E-state index contributed by atoms with van der Waals surface area (Å²) in [5.41, 5.74) is -8.08. The maximum Gasteiger partial charge on any atom is 0.426 e. The van der Waals surface area contributed by atoms with Crippen molar-refractivity contribution in [3.8, 4) is 0 Å². The second-order valence-electron chi connectivity index (χ2n) is 2.92. The summed E-state index contributed by atoms with van der Waals surface area (Å²) in [5.74, 6) is -2.20. The van der Waals surface area contributed by atoms with E-state index >= 15 is 0 Å². The van der Waals surface area contributed by atoms with Gasteiger partial charge in [0.25, 0.3) is 5.67 Å². The van der Waals surface area contributed by atoms with Crippen LogP contribution in [0.2, 0.25) is 0 Å². The number of hydrogen-bond donors (Lipinski definition) is 0. The van der Waals surface area contributed by atoms with Crippen LogP contribution in [0.3, 0.4) is 0 Å². The molecular weight excluding hydrogens is 238 g/mol. The van der Waals surface area contributed by atoms with Crippen LogP contribution < -0.4 is 0 Å². The SMILES string of the molecule is O=S1(=O)CC(F)(C(F)(F)F)C(F)C1F. The second kappa shape index (κ2) is 2.77. The molecule has 0 radical (unpaired) electrons. The van der Waals surface area contributed by atoms with Crippen molar-refractivity contribution in [3.63, 3.8) is 0 Å². The molecule has 0 spiro atoms. The third kappa shape index (κ3) is 1.37. The van der Waals surface area contributed by atoms with E-state index in [1.807, 2.05) is 0 Å². The van der Waals surface area contributed by atoms with Crippen molar-refractivity contribution >= 4 is 9.84 Å². The fourth-order valence-electron chi connectivity index (χ4n) is 1.08. The van der Waals surface area contributed by atoms with Crippen molar-refractivity contribution in [2.45, 2.75) is 23.5 Å². The van der Waals surface area contributed by atoms with Gasteiger partial charge in [0, 0.05) is 0 Å². The molecule has 1 aliphatic rings. The third-order valence-corrected chi connectivity index (χ3v) is 3.64. The molecule has 84 valence electrons. The van der Waals surface area contributed by atoms with Crippen molar-refractivity contribution in [1.29, 1.82) is 0 Å². The summed E-state index contributed by atoms with van der Waals surface area (Å²) < 4.78 is 94.3. The quantitative estimate of drug-likeness (QED) is 0.600. The van der Waals surface area contributed by atoms with Crippen LogP contribution in [0, 0.1) is 0 Å². The van der Waals surface area contributed by atoms with Crippen molar-refractivity contribution in [3.05, 3.63) is 0 Å². The van der Waals surface area contributed by atoms with Gasteiger partial charge in [-0.05, 0) is 0 Å². The van der Waals surface area contributed by atoms with Gasteiger partial charge in [-0.3, -0.25) is 0 Å². The minimum Gasteiger partial charge on any atom is -0.239 e. The van der Waals surface area contributed by atoms with Crippen molar-refractivity contribution in [2.24, 2.45) is 0 Å². The molecule has 0 N–H and O–H groups in total. The molecule has 0 aromatic rings. The van der Waals surface area contributed by atoms with Crippen molar-refractivity contribution in [2.75, 3.05) is 5.75 Å². The average Bonchev–Trinajstić information content (AvgIpc) is 2.11. The smallest absolute Gasteiger partial charge is 0.239 e. The highest BCUT2D eigenvalue weighted by Gasteiger charge is 2.72. The highest BCUT2D eigenvalue weighted by Crippen LogP contribution is 2.46. The van der Waals surface area contributed by atoms with Gasteiger partial charge in [0.2, 0.25) is 5.50 Å². The van der Waals surface area contributed by atoms with Crippen LogP contribution in [0.25, 0.3) is 0 Å². The molecular formula is C5H4F6O2S. The van der Waals surface area contributed by atoms with Crippen LogP contribution in [0.1, 0.15) is 0 Å². The zero-order valence-electron chi connectivity index (χ0n) is 6.35. The Morgan fingerprint density at radius 2 is 1.64 bits per heavy atom. The van der Waals surface area contributed by atoms with E-state index in [9.17, 15) is 34.8 Å². The van der Waals surface area contributed by atoms with Crippen LogP contribution in [0.15, 0.2) is 0 Å². The van der Waals surface area contributed by atoms with Crippen LogP contribution >= 0.6 is 0 Å². The summed E-state index contributed by atoms with van der Waals surface area (Å²) in [6.07, 6.45) is -9.45. The molecule has 2 nitrogen and oxygen atoms in total. The Hall–Kier alpha value is -0.470. The molecule has 1 rings (SSSR count). The van der Waals surface area contributed by atoms with Gasteiger partial charge < -0.3 is 0 Å². The Labute approximate surface area is 74.8 Å². The minimum absolute atomic E-state index is 2.20. The second-order valence-corrected chi connectivity index (χ2v) is 4.99. The normalized spacial score (nSPS) is 42.7. The monoisotopic (exact) mass is 242 g/mol. The van der Waals surface area contributed by atoms with Gasteiger partial charge in [0.05, 0.1) is 5.75 Å². The lowest BCUT2D eigenvalue weighted by Crippen LogP contribution is -2.49. The van der Waals surface area contributed by atoms with E-state index in [0.717, 1.165) is 0 Å². The molecule has 1 heterocycles. The predicted molar refractivity (Wildman–Crippen MR) is 33.5 cm³/mol. The lowest BCUT2D eigenvalue weighted by atomic mass is 10.0. The minimum atomic E-state index is -5.74. The third-order valence-electron chi connectivity index (χ3n) is 1.89. The fraction of sp³-hybridized carbons (Fsp3) is 1.00. The van der Waals surface area contributed by atoms with E-state index in [-0.39, 0.29) is 0 Å². The molecule has 1 saturated heterocycles. The van der Waals surface area contributed by atoms with Gasteiger partial charge in [0.1, 0.15) is 0 Å². The maximum atomic E-state index is 12.8.